The van der Waals surface area contributed by atoms with Crippen molar-refractivity contribution in [2.45, 2.75) is 12.7 Å². The van der Waals surface area contributed by atoms with Crippen LogP contribution in [0.2, 0.25) is 10.0 Å². The molecule has 146 valence electrons. The van der Waals surface area contributed by atoms with Crippen molar-refractivity contribution in [1.82, 2.24) is 20.4 Å². The molecule has 2 amide bonds. The molecule has 11 heteroatoms. The fourth-order valence-corrected chi connectivity index (χ4v) is 2.88. The Labute approximate surface area is 166 Å². The lowest BCUT2D eigenvalue weighted by Crippen LogP contribution is -2.43. The van der Waals surface area contributed by atoms with E-state index in [2.05, 4.69) is 15.8 Å². The number of imidazole rings is 1. The first-order chi connectivity index (χ1) is 13.2. The Balaban J connectivity index is 1.77. The van der Waals surface area contributed by atoms with Gasteiger partial charge in [-0.2, -0.15) is 13.2 Å². The maximum Gasteiger partial charge on any atom is 0.449 e. The zero-order chi connectivity index (χ0) is 20.5. The zero-order valence-electron chi connectivity index (χ0n) is 13.8. The number of aromatic nitrogens is 2. The number of carbonyl (C=O) groups excluding carboxylic acids is 2. The van der Waals surface area contributed by atoms with E-state index >= 15 is 0 Å². The summed E-state index contributed by atoms with van der Waals surface area (Å²) in [5.41, 5.74) is 4.37. The number of para-hydroxylation sites is 2. The molecule has 0 saturated heterocycles. The number of benzene rings is 2. The Morgan fingerprint density at radius 2 is 1.79 bits per heavy atom. The topological polar surface area (TPSA) is 76.0 Å². The van der Waals surface area contributed by atoms with Crippen LogP contribution in [0.1, 0.15) is 16.2 Å². The van der Waals surface area contributed by atoms with Crippen molar-refractivity contribution < 1.29 is 22.8 Å². The summed E-state index contributed by atoms with van der Waals surface area (Å²) in [5, 5.41) is 0.344. The summed E-state index contributed by atoms with van der Waals surface area (Å²) >= 11 is 11.7. The second kappa shape index (κ2) is 7.69. The van der Waals surface area contributed by atoms with Gasteiger partial charge in [0.1, 0.15) is 6.54 Å². The normalized spacial score (nSPS) is 11.5. The Bertz CT molecular complexity index is 1070. The molecule has 0 bridgehead atoms. The van der Waals surface area contributed by atoms with Gasteiger partial charge in [-0.15, -0.1) is 0 Å². The summed E-state index contributed by atoms with van der Waals surface area (Å²) in [4.78, 5) is 27.8. The predicted molar refractivity (Wildman–Crippen MR) is 96.8 cm³/mol. The monoisotopic (exact) mass is 430 g/mol. The van der Waals surface area contributed by atoms with E-state index < -0.39 is 30.4 Å². The van der Waals surface area contributed by atoms with Crippen molar-refractivity contribution in [3.05, 3.63) is 63.9 Å². The number of hydrogen-bond acceptors (Lipinski definition) is 3. The second-order valence-corrected chi connectivity index (χ2v) is 6.48. The van der Waals surface area contributed by atoms with Crippen LogP contribution in [0.25, 0.3) is 11.0 Å². The SMILES string of the molecule is O=C(Cn1c(C(F)(F)F)nc2ccccc21)NNC(=O)c1cc(Cl)ccc1Cl. The van der Waals surface area contributed by atoms with Crippen LogP contribution in [0.4, 0.5) is 13.2 Å². The fourth-order valence-electron chi connectivity index (χ4n) is 2.50. The van der Waals surface area contributed by atoms with E-state index in [1.807, 2.05) is 0 Å². The second-order valence-electron chi connectivity index (χ2n) is 5.63. The summed E-state index contributed by atoms with van der Waals surface area (Å²) in [7, 11) is 0. The van der Waals surface area contributed by atoms with Crippen LogP contribution in [0.3, 0.4) is 0 Å². The predicted octanol–water partition coefficient (Wildman–Crippen LogP) is 3.82. The van der Waals surface area contributed by atoms with Gasteiger partial charge in [-0.3, -0.25) is 20.4 Å². The molecule has 0 radical (unpaired) electrons. The van der Waals surface area contributed by atoms with Crippen LogP contribution < -0.4 is 10.9 Å². The third kappa shape index (κ3) is 4.20. The molecule has 1 aromatic heterocycles. The van der Waals surface area contributed by atoms with Gasteiger partial charge in [-0.25, -0.2) is 4.98 Å². The van der Waals surface area contributed by atoms with Gasteiger partial charge in [0, 0.05) is 5.02 Å². The van der Waals surface area contributed by atoms with Gasteiger partial charge in [-0.05, 0) is 30.3 Å². The maximum absolute atomic E-state index is 13.2. The van der Waals surface area contributed by atoms with Gasteiger partial charge in [0.15, 0.2) is 0 Å². The average molecular weight is 431 g/mol. The van der Waals surface area contributed by atoms with E-state index in [9.17, 15) is 22.8 Å². The first kappa shape index (κ1) is 20.0. The Morgan fingerprint density at radius 1 is 1.07 bits per heavy atom. The Kier molecular flexibility index (Phi) is 5.48. The van der Waals surface area contributed by atoms with E-state index in [1.54, 1.807) is 0 Å². The van der Waals surface area contributed by atoms with Crippen molar-refractivity contribution in [2.24, 2.45) is 0 Å². The lowest BCUT2D eigenvalue weighted by atomic mass is 10.2. The number of fused-ring (bicyclic) bond motifs is 1. The number of carbonyl (C=O) groups is 2. The lowest BCUT2D eigenvalue weighted by Gasteiger charge is -2.12. The standard InChI is InChI=1S/C17H11Cl2F3N4O2/c18-9-5-6-11(19)10(7-9)15(28)25-24-14(27)8-26-13-4-2-1-3-12(13)23-16(26)17(20,21)22/h1-7H,8H2,(H,24,27)(H,25,28). The molecule has 0 aliphatic heterocycles. The van der Waals surface area contributed by atoms with E-state index in [0.29, 0.717) is 0 Å². The van der Waals surface area contributed by atoms with Crippen LogP contribution >= 0.6 is 23.2 Å². The first-order valence-corrected chi connectivity index (χ1v) is 8.49. The summed E-state index contributed by atoms with van der Waals surface area (Å²) in [6, 6.07) is 10.0. The smallest absolute Gasteiger partial charge is 0.311 e. The summed E-state index contributed by atoms with van der Waals surface area (Å²) in [6.45, 7) is -0.709. The van der Waals surface area contributed by atoms with Gasteiger partial charge >= 0.3 is 6.18 Å². The van der Waals surface area contributed by atoms with Gasteiger partial charge < -0.3 is 4.57 Å². The molecule has 2 aromatic carbocycles. The van der Waals surface area contributed by atoms with Crippen molar-refractivity contribution in [3.8, 4) is 0 Å². The number of halogens is 5. The highest BCUT2D eigenvalue weighted by molar-refractivity contribution is 6.35. The van der Waals surface area contributed by atoms with Crippen molar-refractivity contribution >= 4 is 46.0 Å². The third-order valence-corrected chi connectivity index (χ3v) is 4.26. The molecular formula is C17H11Cl2F3N4O2. The molecule has 0 spiro atoms. The molecule has 0 unspecified atom stereocenters. The fraction of sp³-hybridized carbons (Fsp3) is 0.118. The molecule has 0 saturated carbocycles. The van der Waals surface area contributed by atoms with Gasteiger partial charge in [0.2, 0.25) is 5.82 Å². The average Bonchev–Trinajstić information content (AvgIpc) is 3.01. The molecule has 6 nitrogen and oxygen atoms in total. The highest BCUT2D eigenvalue weighted by atomic mass is 35.5. The molecule has 3 aromatic rings. The Hall–Kier alpha value is -2.78. The number of amides is 2. The summed E-state index contributed by atoms with van der Waals surface area (Å²) < 4.78 is 40.5. The summed E-state index contributed by atoms with van der Waals surface area (Å²) in [6.07, 6.45) is -4.75. The minimum absolute atomic E-state index is 0.00136. The largest absolute Gasteiger partial charge is 0.449 e. The summed E-state index contributed by atoms with van der Waals surface area (Å²) in [5.74, 6) is -2.87. The van der Waals surface area contributed by atoms with Crippen LogP contribution in [-0.4, -0.2) is 21.4 Å². The molecular weight excluding hydrogens is 420 g/mol. The number of nitrogens with zero attached hydrogens (tertiary/aromatic N) is 2. The van der Waals surface area contributed by atoms with Crippen LogP contribution in [-0.2, 0) is 17.5 Å². The minimum Gasteiger partial charge on any atom is -0.311 e. The van der Waals surface area contributed by atoms with E-state index in [4.69, 9.17) is 23.2 Å². The van der Waals surface area contributed by atoms with Crippen LogP contribution in [0.15, 0.2) is 42.5 Å². The number of hydrazine groups is 1. The molecule has 28 heavy (non-hydrogen) atoms. The molecule has 3 rings (SSSR count). The molecule has 2 N–H and O–H groups in total. The molecule has 1 heterocycles. The number of rotatable bonds is 3. The third-order valence-electron chi connectivity index (χ3n) is 3.70. The van der Waals surface area contributed by atoms with E-state index in [1.165, 1.54) is 42.5 Å². The molecule has 0 aliphatic rings. The van der Waals surface area contributed by atoms with E-state index in [-0.39, 0.29) is 26.6 Å². The van der Waals surface area contributed by atoms with Crippen molar-refractivity contribution in [2.75, 3.05) is 0 Å². The maximum atomic E-state index is 13.2. The van der Waals surface area contributed by atoms with E-state index in [0.717, 1.165) is 4.57 Å². The molecule has 0 aliphatic carbocycles. The highest BCUT2D eigenvalue weighted by Gasteiger charge is 2.38. The van der Waals surface area contributed by atoms with Gasteiger partial charge in [0.25, 0.3) is 11.8 Å². The zero-order valence-corrected chi connectivity index (χ0v) is 15.4. The van der Waals surface area contributed by atoms with Gasteiger partial charge in [0.05, 0.1) is 21.6 Å². The number of nitrogens with one attached hydrogen (secondary N) is 2. The lowest BCUT2D eigenvalue weighted by molar-refractivity contribution is -0.147. The number of alkyl halides is 3. The Morgan fingerprint density at radius 3 is 2.50 bits per heavy atom. The van der Waals surface area contributed by atoms with Crippen molar-refractivity contribution in [1.29, 1.82) is 0 Å². The first-order valence-electron chi connectivity index (χ1n) is 7.73. The van der Waals surface area contributed by atoms with Crippen molar-refractivity contribution in [3.63, 3.8) is 0 Å². The van der Waals surface area contributed by atoms with Gasteiger partial charge in [-0.1, -0.05) is 35.3 Å². The highest BCUT2D eigenvalue weighted by Crippen LogP contribution is 2.31. The minimum atomic E-state index is -4.75. The molecule has 0 fully saturated rings. The number of hydrogen-bond donors (Lipinski definition) is 2. The van der Waals surface area contributed by atoms with Crippen LogP contribution in [0, 0.1) is 0 Å². The van der Waals surface area contributed by atoms with Crippen LogP contribution in [0.5, 0.6) is 0 Å². The molecule has 0 atom stereocenters. The quantitative estimate of drug-likeness (QED) is 0.620.